The minimum atomic E-state index is -1.34. The molecule has 6 rings (SSSR count). The van der Waals surface area contributed by atoms with Crippen LogP contribution in [0.5, 0.6) is 0 Å². The zero-order chi connectivity index (χ0) is 29.1. The highest BCUT2D eigenvalue weighted by Crippen LogP contribution is 2.53. The average Bonchev–Trinajstić information content (AvgIpc) is 3.57. The summed E-state index contributed by atoms with van der Waals surface area (Å²) in [4.78, 5) is 16.2. The van der Waals surface area contributed by atoms with E-state index in [1.807, 2.05) is 60.7 Å². The van der Waals surface area contributed by atoms with E-state index in [1.54, 1.807) is 11.1 Å². The molecule has 222 valence electrons. The van der Waals surface area contributed by atoms with Gasteiger partial charge in [-0.25, -0.2) is 4.79 Å². The maximum absolute atomic E-state index is 13.4. The number of rotatable bonds is 10. The third-order valence-corrected chi connectivity index (χ3v) is 10.2. The summed E-state index contributed by atoms with van der Waals surface area (Å²) >= 11 is 0. The number of aliphatic hydroxyl groups is 1. The summed E-state index contributed by atoms with van der Waals surface area (Å²) in [6.45, 7) is 5.45. The van der Waals surface area contributed by atoms with Gasteiger partial charge in [0.05, 0.1) is 6.04 Å². The summed E-state index contributed by atoms with van der Waals surface area (Å²) in [7, 11) is 0. The summed E-state index contributed by atoms with van der Waals surface area (Å²) in [6, 6.07) is 29.3. The van der Waals surface area contributed by atoms with Crippen molar-refractivity contribution in [2.45, 2.75) is 95.0 Å². The van der Waals surface area contributed by atoms with Crippen molar-refractivity contribution in [3.05, 3.63) is 107 Å². The third-order valence-electron chi connectivity index (χ3n) is 10.2. The lowest BCUT2D eigenvalue weighted by atomic mass is 9.77. The van der Waals surface area contributed by atoms with Gasteiger partial charge in [-0.05, 0) is 92.0 Å². The van der Waals surface area contributed by atoms with Crippen LogP contribution in [0.3, 0.4) is 0 Å². The molecule has 1 saturated carbocycles. The lowest BCUT2D eigenvalue weighted by molar-refractivity contribution is 0.0327. The summed E-state index contributed by atoms with van der Waals surface area (Å²) in [5.41, 5.74) is 3.37. The summed E-state index contributed by atoms with van der Waals surface area (Å²) < 4.78 is 0. The molecular formula is C37H47N3O2. The highest BCUT2D eigenvalue weighted by Gasteiger charge is 2.44. The van der Waals surface area contributed by atoms with Crippen molar-refractivity contribution in [3.63, 3.8) is 0 Å². The molecule has 0 radical (unpaired) electrons. The van der Waals surface area contributed by atoms with E-state index < -0.39 is 11.6 Å². The van der Waals surface area contributed by atoms with Crippen LogP contribution >= 0.6 is 0 Å². The highest BCUT2D eigenvalue weighted by atomic mass is 16.3. The maximum Gasteiger partial charge on any atom is 0.315 e. The molecule has 1 aliphatic carbocycles. The predicted molar refractivity (Wildman–Crippen MR) is 169 cm³/mol. The van der Waals surface area contributed by atoms with E-state index in [1.165, 1.54) is 25.8 Å². The van der Waals surface area contributed by atoms with Crippen molar-refractivity contribution in [2.75, 3.05) is 6.54 Å². The number of carbonyl (C=O) groups excluding carboxylic acids is 1. The monoisotopic (exact) mass is 565 g/mol. The van der Waals surface area contributed by atoms with Crippen LogP contribution in [0.25, 0.3) is 0 Å². The highest BCUT2D eigenvalue weighted by molar-refractivity contribution is 5.75. The molecule has 0 spiro atoms. The Bertz CT molecular complexity index is 1250. The van der Waals surface area contributed by atoms with Gasteiger partial charge in [-0.15, -0.1) is 0 Å². The van der Waals surface area contributed by atoms with Crippen LogP contribution in [0, 0.1) is 11.8 Å². The SMILES string of the molecule is CC(C)C[C@@H](NC(=O)N[C@H]1CC[C@H](CCN2[C@@H]3CC[C@H]2c2ccccc23)CC1)C(O)(c1ccccc1)c1ccccc1. The van der Waals surface area contributed by atoms with E-state index in [0.717, 1.165) is 42.7 Å². The van der Waals surface area contributed by atoms with E-state index in [2.05, 4.69) is 53.6 Å². The van der Waals surface area contributed by atoms with Gasteiger partial charge >= 0.3 is 6.03 Å². The molecule has 0 aromatic heterocycles. The van der Waals surface area contributed by atoms with Gasteiger partial charge in [-0.1, -0.05) is 98.8 Å². The van der Waals surface area contributed by atoms with Gasteiger partial charge in [-0.3, -0.25) is 4.90 Å². The second-order valence-electron chi connectivity index (χ2n) is 13.3. The van der Waals surface area contributed by atoms with Crippen molar-refractivity contribution < 1.29 is 9.90 Å². The number of hydrogen-bond acceptors (Lipinski definition) is 3. The van der Waals surface area contributed by atoms with Gasteiger partial charge in [0.1, 0.15) is 5.60 Å². The average molecular weight is 566 g/mol. The van der Waals surface area contributed by atoms with Crippen LogP contribution < -0.4 is 10.6 Å². The van der Waals surface area contributed by atoms with E-state index in [4.69, 9.17) is 0 Å². The van der Waals surface area contributed by atoms with Crippen LogP contribution in [-0.4, -0.2) is 34.7 Å². The van der Waals surface area contributed by atoms with E-state index in [9.17, 15) is 9.90 Å². The largest absolute Gasteiger partial charge is 0.378 e. The number of hydrogen-bond donors (Lipinski definition) is 3. The van der Waals surface area contributed by atoms with Crippen molar-refractivity contribution in [3.8, 4) is 0 Å². The Morgan fingerprint density at radius 2 is 1.33 bits per heavy atom. The number of urea groups is 1. The first-order valence-corrected chi connectivity index (χ1v) is 16.2. The van der Waals surface area contributed by atoms with Crippen LogP contribution in [-0.2, 0) is 5.60 Å². The van der Waals surface area contributed by atoms with Gasteiger partial charge in [0.2, 0.25) is 0 Å². The summed E-state index contributed by atoms with van der Waals surface area (Å²) in [6.07, 6.45) is 8.86. The minimum absolute atomic E-state index is 0.176. The molecule has 1 saturated heterocycles. The molecular weight excluding hydrogens is 518 g/mol. The quantitative estimate of drug-likeness (QED) is 0.239. The van der Waals surface area contributed by atoms with Crippen LogP contribution in [0.2, 0.25) is 0 Å². The fraction of sp³-hybridized carbons (Fsp3) is 0.486. The molecule has 5 nitrogen and oxygen atoms in total. The van der Waals surface area contributed by atoms with Crippen LogP contribution in [0.4, 0.5) is 4.79 Å². The molecule has 2 aliphatic heterocycles. The van der Waals surface area contributed by atoms with Crippen LogP contribution in [0.1, 0.15) is 99.6 Å². The topological polar surface area (TPSA) is 64.6 Å². The molecule has 3 aromatic rings. The number of nitrogens with one attached hydrogen (secondary N) is 2. The standard InChI is InChI=1S/C37H47N3O2/c1-26(2)25-35(37(42,28-11-5-3-6-12-28)29-13-7-4-8-14-29)39-36(41)38-30-19-17-27(18-20-30)23-24-40-33-21-22-34(40)32-16-10-9-15-31(32)33/h3-16,26-27,30,33-35,42H,17-25H2,1-2H3,(H2,38,39,41)/t27-,30-,33-,34+,35-/m1/s1. The normalized spacial score (nSPS) is 24.4. The molecule has 2 heterocycles. The van der Waals surface area contributed by atoms with Gasteiger partial charge in [-0.2, -0.15) is 0 Å². The zero-order valence-corrected chi connectivity index (χ0v) is 25.2. The smallest absolute Gasteiger partial charge is 0.315 e. The van der Waals surface area contributed by atoms with Gasteiger partial charge in [0.25, 0.3) is 0 Å². The third kappa shape index (κ3) is 5.87. The van der Waals surface area contributed by atoms with Crippen LogP contribution in [0.15, 0.2) is 84.9 Å². The number of nitrogens with zero attached hydrogens (tertiary/aromatic N) is 1. The van der Waals surface area contributed by atoms with Gasteiger partial charge in [0, 0.05) is 18.1 Å². The first-order chi connectivity index (χ1) is 20.4. The zero-order valence-electron chi connectivity index (χ0n) is 25.2. The second kappa shape index (κ2) is 12.6. The first-order valence-electron chi connectivity index (χ1n) is 16.2. The van der Waals surface area contributed by atoms with Gasteiger partial charge < -0.3 is 15.7 Å². The molecule has 2 amide bonds. The van der Waals surface area contributed by atoms with E-state index in [-0.39, 0.29) is 12.1 Å². The number of fused-ring (bicyclic) bond motifs is 5. The molecule has 3 N–H and O–H groups in total. The molecule has 3 atom stereocenters. The molecule has 3 aromatic carbocycles. The van der Waals surface area contributed by atoms with E-state index >= 15 is 0 Å². The number of carbonyl (C=O) groups is 1. The van der Waals surface area contributed by atoms with Gasteiger partial charge in [0.15, 0.2) is 0 Å². The van der Waals surface area contributed by atoms with Crippen molar-refractivity contribution in [2.24, 2.45) is 11.8 Å². The molecule has 5 heteroatoms. The minimum Gasteiger partial charge on any atom is -0.378 e. The van der Waals surface area contributed by atoms with Crippen molar-refractivity contribution >= 4 is 6.03 Å². The lowest BCUT2D eigenvalue weighted by Gasteiger charge is -2.39. The molecule has 2 bridgehead atoms. The Hall–Kier alpha value is -3.15. The Labute approximate surface area is 251 Å². The molecule has 42 heavy (non-hydrogen) atoms. The Morgan fingerprint density at radius 3 is 1.86 bits per heavy atom. The summed E-state index contributed by atoms with van der Waals surface area (Å²) in [5.74, 6) is 1.02. The molecule has 0 unspecified atom stereocenters. The van der Waals surface area contributed by atoms with Crippen molar-refractivity contribution in [1.29, 1.82) is 0 Å². The van der Waals surface area contributed by atoms with Crippen molar-refractivity contribution in [1.82, 2.24) is 15.5 Å². The fourth-order valence-electron chi connectivity index (χ4n) is 8.03. The molecule has 3 aliphatic rings. The number of amides is 2. The van der Waals surface area contributed by atoms with E-state index in [0.29, 0.717) is 24.4 Å². The second-order valence-corrected chi connectivity index (χ2v) is 13.3. The predicted octanol–water partition coefficient (Wildman–Crippen LogP) is 7.48. The number of benzene rings is 3. The Balaban J connectivity index is 1.05. The maximum atomic E-state index is 13.4. The summed E-state index contributed by atoms with van der Waals surface area (Å²) in [5, 5.41) is 18.9. The fourth-order valence-corrected chi connectivity index (χ4v) is 8.03. The first kappa shape index (κ1) is 28.9. The molecule has 2 fully saturated rings. The Morgan fingerprint density at radius 1 is 0.810 bits per heavy atom. The Kier molecular flexibility index (Phi) is 8.69. The lowest BCUT2D eigenvalue weighted by Crippen LogP contribution is -2.56.